The molecule has 3 rings (SSSR count). The Morgan fingerprint density at radius 1 is 1.24 bits per heavy atom. The number of aromatic nitrogens is 2. The van der Waals surface area contributed by atoms with Gasteiger partial charge in [0.2, 0.25) is 0 Å². The molecule has 0 bridgehead atoms. The maximum atomic E-state index is 5.40. The first-order valence-electron chi connectivity index (χ1n) is 6.14. The van der Waals surface area contributed by atoms with Crippen molar-refractivity contribution in [1.29, 1.82) is 0 Å². The summed E-state index contributed by atoms with van der Waals surface area (Å²) in [7, 11) is 0. The smallest absolute Gasteiger partial charge is 0.125 e. The number of hydrogen-bond donors (Lipinski definition) is 0. The molecule has 3 nitrogen and oxygen atoms in total. The van der Waals surface area contributed by atoms with Crippen LogP contribution in [-0.2, 0) is 4.74 Å². The highest BCUT2D eigenvalue weighted by atomic mass is 16.5. The number of rotatable bonds is 1. The number of nitrogens with zero attached hydrogens (tertiary/aromatic N) is 2. The quantitative estimate of drug-likeness (QED) is 0.752. The van der Waals surface area contributed by atoms with Gasteiger partial charge in [-0.15, -0.1) is 0 Å². The van der Waals surface area contributed by atoms with Gasteiger partial charge in [0.05, 0.1) is 5.52 Å². The van der Waals surface area contributed by atoms with Gasteiger partial charge < -0.3 is 4.74 Å². The molecule has 0 N–H and O–H groups in total. The third-order valence-corrected chi connectivity index (χ3v) is 3.42. The Bertz CT molecular complexity index is 533. The highest BCUT2D eigenvalue weighted by Crippen LogP contribution is 2.28. The maximum Gasteiger partial charge on any atom is 0.125 e. The number of fused-ring (bicyclic) bond motifs is 1. The summed E-state index contributed by atoms with van der Waals surface area (Å²) in [5, 5.41) is 1.12. The summed E-state index contributed by atoms with van der Waals surface area (Å²) in [4.78, 5) is 8.71. The van der Waals surface area contributed by atoms with E-state index in [9.17, 15) is 0 Å². The predicted octanol–water partition coefficient (Wildman–Crippen LogP) is 2.83. The van der Waals surface area contributed by atoms with E-state index in [1.54, 1.807) is 0 Å². The van der Waals surface area contributed by atoms with Gasteiger partial charge in [0.15, 0.2) is 0 Å². The van der Waals surface area contributed by atoms with E-state index in [1.807, 2.05) is 13.1 Å². The van der Waals surface area contributed by atoms with Gasteiger partial charge in [0, 0.05) is 24.8 Å². The van der Waals surface area contributed by atoms with Crippen molar-refractivity contribution in [3.63, 3.8) is 0 Å². The first-order valence-corrected chi connectivity index (χ1v) is 6.14. The van der Waals surface area contributed by atoms with Crippen molar-refractivity contribution in [1.82, 2.24) is 9.97 Å². The van der Waals surface area contributed by atoms with Crippen LogP contribution in [0.3, 0.4) is 0 Å². The van der Waals surface area contributed by atoms with Crippen LogP contribution in [0.2, 0.25) is 0 Å². The van der Waals surface area contributed by atoms with Crippen molar-refractivity contribution in [3.8, 4) is 0 Å². The fourth-order valence-electron chi connectivity index (χ4n) is 2.42. The molecule has 3 heteroatoms. The van der Waals surface area contributed by atoms with Gasteiger partial charge in [0.1, 0.15) is 5.82 Å². The van der Waals surface area contributed by atoms with Gasteiger partial charge in [-0.05, 0) is 37.3 Å². The molecular weight excluding hydrogens is 212 g/mol. The Kier molecular flexibility index (Phi) is 2.77. The third kappa shape index (κ3) is 2.15. The standard InChI is InChI=1S/C14H16N2O/c1-10-15-9-13-3-2-12(8-14(13)16-10)11-4-6-17-7-5-11/h2-3,8-9,11H,4-7H2,1H3. The van der Waals surface area contributed by atoms with Crippen LogP contribution in [0.1, 0.15) is 30.1 Å². The molecule has 1 saturated heterocycles. The topological polar surface area (TPSA) is 35.0 Å². The molecule has 1 aliphatic heterocycles. The molecule has 88 valence electrons. The van der Waals surface area contributed by atoms with Gasteiger partial charge in [0.25, 0.3) is 0 Å². The average Bonchev–Trinajstić information content (AvgIpc) is 2.39. The Morgan fingerprint density at radius 3 is 2.88 bits per heavy atom. The molecule has 0 unspecified atom stereocenters. The molecule has 0 spiro atoms. The van der Waals surface area contributed by atoms with Gasteiger partial charge in [-0.2, -0.15) is 0 Å². The summed E-state index contributed by atoms with van der Waals surface area (Å²) in [5.74, 6) is 1.46. The largest absolute Gasteiger partial charge is 0.381 e. The fourth-order valence-corrected chi connectivity index (χ4v) is 2.42. The molecule has 0 atom stereocenters. The van der Waals surface area contributed by atoms with E-state index in [-0.39, 0.29) is 0 Å². The fraction of sp³-hybridized carbons (Fsp3) is 0.429. The summed E-state index contributed by atoms with van der Waals surface area (Å²) in [6.45, 7) is 3.69. The molecule has 0 aliphatic carbocycles. The highest BCUT2D eigenvalue weighted by Gasteiger charge is 2.16. The summed E-state index contributed by atoms with van der Waals surface area (Å²) in [5.41, 5.74) is 2.44. The molecule has 1 aromatic carbocycles. The lowest BCUT2D eigenvalue weighted by atomic mass is 9.91. The van der Waals surface area contributed by atoms with Crippen molar-refractivity contribution in [2.24, 2.45) is 0 Å². The zero-order valence-corrected chi connectivity index (χ0v) is 10.0. The van der Waals surface area contributed by atoms with Crippen LogP contribution in [-0.4, -0.2) is 23.2 Å². The molecule has 17 heavy (non-hydrogen) atoms. The molecule has 0 amide bonds. The molecule has 2 heterocycles. The molecule has 1 fully saturated rings. The van der Waals surface area contributed by atoms with Crippen molar-refractivity contribution in [2.75, 3.05) is 13.2 Å². The Hall–Kier alpha value is -1.48. The van der Waals surface area contributed by atoms with Crippen LogP contribution in [0.15, 0.2) is 24.4 Å². The van der Waals surface area contributed by atoms with E-state index in [4.69, 9.17) is 4.74 Å². The summed E-state index contributed by atoms with van der Waals surface area (Å²) in [6.07, 6.45) is 4.14. The summed E-state index contributed by atoms with van der Waals surface area (Å²) < 4.78 is 5.40. The van der Waals surface area contributed by atoms with Crippen molar-refractivity contribution >= 4 is 10.9 Å². The minimum atomic E-state index is 0.628. The lowest BCUT2D eigenvalue weighted by Crippen LogP contribution is -2.14. The Morgan fingerprint density at radius 2 is 2.06 bits per heavy atom. The number of benzene rings is 1. The number of aryl methyl sites for hydroxylation is 1. The average molecular weight is 228 g/mol. The monoisotopic (exact) mass is 228 g/mol. The van der Waals surface area contributed by atoms with E-state index in [2.05, 4.69) is 28.2 Å². The molecule has 1 aliphatic rings. The van der Waals surface area contributed by atoms with Gasteiger partial charge in [-0.1, -0.05) is 12.1 Å². The highest BCUT2D eigenvalue weighted by molar-refractivity contribution is 5.78. The number of ether oxygens (including phenoxy) is 1. The minimum absolute atomic E-state index is 0.628. The zero-order chi connectivity index (χ0) is 11.7. The van der Waals surface area contributed by atoms with E-state index in [0.29, 0.717) is 5.92 Å². The zero-order valence-electron chi connectivity index (χ0n) is 10.0. The molecule has 2 aromatic rings. The lowest BCUT2D eigenvalue weighted by Gasteiger charge is -2.22. The predicted molar refractivity (Wildman–Crippen MR) is 67.1 cm³/mol. The molecule has 0 radical (unpaired) electrons. The summed E-state index contributed by atoms with van der Waals surface area (Å²) >= 11 is 0. The summed E-state index contributed by atoms with van der Waals surface area (Å²) in [6, 6.07) is 6.54. The second-order valence-corrected chi connectivity index (χ2v) is 4.62. The third-order valence-electron chi connectivity index (χ3n) is 3.42. The van der Waals surface area contributed by atoms with Crippen molar-refractivity contribution in [3.05, 3.63) is 35.8 Å². The maximum absolute atomic E-state index is 5.40. The van der Waals surface area contributed by atoms with E-state index in [1.165, 1.54) is 5.56 Å². The first-order chi connectivity index (χ1) is 8.33. The molecule has 1 aromatic heterocycles. The molecule has 0 saturated carbocycles. The minimum Gasteiger partial charge on any atom is -0.381 e. The first kappa shape index (κ1) is 10.7. The Labute approximate surface area is 101 Å². The van der Waals surface area contributed by atoms with E-state index < -0.39 is 0 Å². The number of hydrogen-bond acceptors (Lipinski definition) is 3. The second-order valence-electron chi connectivity index (χ2n) is 4.62. The normalized spacial score (nSPS) is 17.5. The van der Waals surface area contributed by atoms with Crippen LogP contribution in [0.4, 0.5) is 0 Å². The van der Waals surface area contributed by atoms with E-state index >= 15 is 0 Å². The lowest BCUT2D eigenvalue weighted by molar-refractivity contribution is 0.0853. The van der Waals surface area contributed by atoms with Gasteiger partial charge in [-0.25, -0.2) is 9.97 Å². The second kappa shape index (κ2) is 4.41. The van der Waals surface area contributed by atoms with Crippen molar-refractivity contribution < 1.29 is 4.74 Å². The molecular formula is C14H16N2O. The van der Waals surface area contributed by atoms with Crippen LogP contribution in [0.25, 0.3) is 10.9 Å². The van der Waals surface area contributed by atoms with Crippen LogP contribution >= 0.6 is 0 Å². The SMILES string of the molecule is Cc1ncc2ccc(C3CCOCC3)cc2n1. The van der Waals surface area contributed by atoms with Crippen LogP contribution in [0.5, 0.6) is 0 Å². The van der Waals surface area contributed by atoms with Gasteiger partial charge >= 0.3 is 0 Å². The Balaban J connectivity index is 1.99. The van der Waals surface area contributed by atoms with Crippen LogP contribution < -0.4 is 0 Å². The van der Waals surface area contributed by atoms with Gasteiger partial charge in [-0.3, -0.25) is 0 Å². The van der Waals surface area contributed by atoms with Crippen molar-refractivity contribution in [2.45, 2.75) is 25.7 Å². The van der Waals surface area contributed by atoms with E-state index in [0.717, 1.165) is 42.8 Å². The van der Waals surface area contributed by atoms with Crippen LogP contribution in [0, 0.1) is 6.92 Å².